The smallest absolute Gasteiger partial charge is 0.138 e. The van der Waals surface area contributed by atoms with E-state index in [0.717, 1.165) is 16.5 Å². The van der Waals surface area contributed by atoms with Crippen LogP contribution in [0.2, 0.25) is 0 Å². The number of aryl methyl sites for hydroxylation is 2. The molecule has 2 heterocycles. The first-order valence-electron chi connectivity index (χ1n) is 4.60. The van der Waals surface area contributed by atoms with Crippen molar-refractivity contribution in [2.75, 3.05) is 0 Å². The van der Waals surface area contributed by atoms with Crippen molar-refractivity contribution in [1.29, 1.82) is 0 Å². The Morgan fingerprint density at radius 2 is 2.40 bits per heavy atom. The van der Waals surface area contributed by atoms with E-state index in [2.05, 4.69) is 15.1 Å². The lowest BCUT2D eigenvalue weighted by molar-refractivity contribution is 0.174. The third-order valence-electron chi connectivity index (χ3n) is 2.10. The summed E-state index contributed by atoms with van der Waals surface area (Å²) >= 11 is 1.47. The van der Waals surface area contributed by atoms with Crippen LogP contribution in [0.25, 0.3) is 0 Å². The average molecular weight is 224 g/mol. The van der Waals surface area contributed by atoms with Gasteiger partial charge in [0.15, 0.2) is 0 Å². The van der Waals surface area contributed by atoms with E-state index in [4.69, 9.17) is 0 Å². The summed E-state index contributed by atoms with van der Waals surface area (Å²) in [5.41, 5.74) is 0.937. The van der Waals surface area contributed by atoms with Crippen LogP contribution in [0.1, 0.15) is 22.6 Å². The predicted octanol–water partition coefficient (Wildman–Crippen LogP) is 0.856. The molecular weight excluding hydrogens is 212 g/mol. The normalized spacial score (nSPS) is 13.0. The molecule has 2 rings (SSSR count). The first-order chi connectivity index (χ1) is 7.16. The Morgan fingerprint density at radius 3 is 2.93 bits per heavy atom. The van der Waals surface area contributed by atoms with E-state index >= 15 is 0 Å². The zero-order chi connectivity index (χ0) is 10.8. The van der Waals surface area contributed by atoms with Gasteiger partial charge in [0.25, 0.3) is 0 Å². The molecular formula is C9H12N4OS. The zero-order valence-electron chi connectivity index (χ0n) is 8.58. The first-order valence-corrected chi connectivity index (χ1v) is 5.47. The number of aromatic nitrogens is 4. The molecule has 0 spiro atoms. The highest BCUT2D eigenvalue weighted by Gasteiger charge is 2.14. The number of aliphatic hydroxyl groups is 1. The van der Waals surface area contributed by atoms with Crippen molar-refractivity contribution in [1.82, 2.24) is 19.7 Å². The molecule has 15 heavy (non-hydrogen) atoms. The van der Waals surface area contributed by atoms with E-state index in [1.54, 1.807) is 4.68 Å². The molecule has 0 amide bonds. The Kier molecular flexibility index (Phi) is 2.79. The highest BCUT2D eigenvalue weighted by atomic mass is 32.1. The Bertz CT molecular complexity index is 450. The summed E-state index contributed by atoms with van der Waals surface area (Å²) in [5, 5.41) is 16.5. The number of rotatable bonds is 3. The monoisotopic (exact) mass is 224 g/mol. The SMILES string of the molecule is Cc1csc(C(O)Cc2ncnn2C)n1. The molecule has 0 aliphatic carbocycles. The number of hydrogen-bond acceptors (Lipinski definition) is 5. The summed E-state index contributed by atoms with van der Waals surface area (Å²) in [6.45, 7) is 1.91. The molecule has 1 unspecified atom stereocenters. The molecule has 6 heteroatoms. The van der Waals surface area contributed by atoms with Gasteiger partial charge in [-0.1, -0.05) is 0 Å². The maximum absolute atomic E-state index is 9.90. The number of aliphatic hydroxyl groups excluding tert-OH is 1. The number of thiazole rings is 1. The molecule has 1 N–H and O–H groups in total. The first kappa shape index (κ1) is 10.3. The molecule has 0 aliphatic rings. The molecule has 0 bridgehead atoms. The van der Waals surface area contributed by atoms with Gasteiger partial charge >= 0.3 is 0 Å². The lowest BCUT2D eigenvalue weighted by Gasteiger charge is -2.05. The van der Waals surface area contributed by atoms with Crippen LogP contribution in [0, 0.1) is 6.92 Å². The Morgan fingerprint density at radius 1 is 1.60 bits per heavy atom. The quantitative estimate of drug-likeness (QED) is 0.839. The van der Waals surface area contributed by atoms with E-state index in [-0.39, 0.29) is 0 Å². The Balaban J connectivity index is 2.10. The van der Waals surface area contributed by atoms with E-state index in [0.29, 0.717) is 6.42 Å². The van der Waals surface area contributed by atoms with Crippen molar-refractivity contribution in [3.8, 4) is 0 Å². The van der Waals surface area contributed by atoms with Crippen molar-refractivity contribution >= 4 is 11.3 Å². The summed E-state index contributed by atoms with van der Waals surface area (Å²) < 4.78 is 1.66. The van der Waals surface area contributed by atoms with Gasteiger partial charge in [-0.2, -0.15) is 5.10 Å². The summed E-state index contributed by atoms with van der Waals surface area (Å²) in [5.74, 6) is 0.760. The summed E-state index contributed by atoms with van der Waals surface area (Å²) in [4.78, 5) is 8.29. The van der Waals surface area contributed by atoms with Gasteiger partial charge < -0.3 is 5.11 Å². The second-order valence-corrected chi connectivity index (χ2v) is 4.24. The summed E-state index contributed by atoms with van der Waals surface area (Å²) in [6, 6.07) is 0. The van der Waals surface area contributed by atoms with Gasteiger partial charge in [0.1, 0.15) is 23.3 Å². The van der Waals surface area contributed by atoms with Crippen molar-refractivity contribution < 1.29 is 5.11 Å². The van der Waals surface area contributed by atoms with E-state index in [1.165, 1.54) is 17.7 Å². The molecule has 2 aromatic heterocycles. The fourth-order valence-corrected chi connectivity index (χ4v) is 2.07. The molecule has 1 atom stereocenters. The molecule has 0 fully saturated rings. The van der Waals surface area contributed by atoms with Gasteiger partial charge in [0, 0.05) is 24.5 Å². The van der Waals surface area contributed by atoms with Gasteiger partial charge in [-0.25, -0.2) is 9.97 Å². The van der Waals surface area contributed by atoms with Crippen LogP contribution in [0.5, 0.6) is 0 Å². The van der Waals surface area contributed by atoms with Crippen LogP contribution in [0.4, 0.5) is 0 Å². The van der Waals surface area contributed by atoms with Gasteiger partial charge in [-0.05, 0) is 6.92 Å². The van der Waals surface area contributed by atoms with Gasteiger partial charge in [0.2, 0.25) is 0 Å². The van der Waals surface area contributed by atoms with Crippen LogP contribution in [-0.2, 0) is 13.5 Å². The molecule has 80 valence electrons. The largest absolute Gasteiger partial charge is 0.385 e. The highest BCUT2D eigenvalue weighted by Crippen LogP contribution is 2.20. The molecule has 0 aliphatic heterocycles. The third kappa shape index (κ3) is 2.21. The van der Waals surface area contributed by atoms with E-state index in [9.17, 15) is 5.11 Å². The zero-order valence-corrected chi connectivity index (χ0v) is 9.40. The fourth-order valence-electron chi connectivity index (χ4n) is 1.29. The van der Waals surface area contributed by atoms with Crippen LogP contribution < -0.4 is 0 Å². The average Bonchev–Trinajstić information content (AvgIpc) is 2.77. The van der Waals surface area contributed by atoms with Crippen molar-refractivity contribution in [3.63, 3.8) is 0 Å². The minimum atomic E-state index is -0.591. The van der Waals surface area contributed by atoms with E-state index < -0.39 is 6.10 Å². The third-order valence-corrected chi connectivity index (χ3v) is 3.17. The van der Waals surface area contributed by atoms with Gasteiger partial charge in [-0.15, -0.1) is 11.3 Å². The van der Waals surface area contributed by atoms with Crippen LogP contribution in [0.3, 0.4) is 0 Å². The maximum atomic E-state index is 9.90. The van der Waals surface area contributed by atoms with E-state index in [1.807, 2.05) is 19.4 Å². The lowest BCUT2D eigenvalue weighted by Crippen LogP contribution is -2.07. The van der Waals surface area contributed by atoms with Crippen LogP contribution in [-0.4, -0.2) is 24.9 Å². The highest BCUT2D eigenvalue weighted by molar-refractivity contribution is 7.09. The lowest BCUT2D eigenvalue weighted by atomic mass is 10.2. The van der Waals surface area contributed by atoms with Crippen molar-refractivity contribution in [2.45, 2.75) is 19.4 Å². The standard InChI is InChI=1S/C9H12N4OS/c1-6-4-15-9(12-6)7(14)3-8-10-5-11-13(8)2/h4-5,7,14H,3H2,1-2H3. The second-order valence-electron chi connectivity index (χ2n) is 3.35. The van der Waals surface area contributed by atoms with Crippen molar-refractivity contribution in [2.24, 2.45) is 7.05 Å². The second kappa shape index (κ2) is 4.08. The maximum Gasteiger partial charge on any atom is 0.138 e. The molecule has 2 aromatic rings. The van der Waals surface area contributed by atoms with Crippen LogP contribution >= 0.6 is 11.3 Å². The molecule has 0 saturated carbocycles. The Labute approximate surface area is 91.4 Å². The predicted molar refractivity (Wildman–Crippen MR) is 56.5 cm³/mol. The number of nitrogens with zero attached hydrogens (tertiary/aromatic N) is 4. The minimum Gasteiger partial charge on any atom is -0.385 e. The minimum absolute atomic E-state index is 0.448. The van der Waals surface area contributed by atoms with Gasteiger partial charge in [-0.3, -0.25) is 4.68 Å². The Hall–Kier alpha value is -1.27. The number of hydrogen-bond donors (Lipinski definition) is 1. The molecule has 0 saturated heterocycles. The fraction of sp³-hybridized carbons (Fsp3) is 0.444. The van der Waals surface area contributed by atoms with Crippen molar-refractivity contribution in [3.05, 3.63) is 28.2 Å². The van der Waals surface area contributed by atoms with Gasteiger partial charge in [0.05, 0.1) is 0 Å². The molecule has 0 radical (unpaired) electrons. The summed E-state index contributed by atoms with van der Waals surface area (Å²) in [6.07, 6.45) is 1.34. The molecule has 0 aromatic carbocycles. The van der Waals surface area contributed by atoms with Crippen LogP contribution in [0.15, 0.2) is 11.7 Å². The molecule has 5 nitrogen and oxygen atoms in total. The topological polar surface area (TPSA) is 63.8 Å². The summed E-state index contributed by atoms with van der Waals surface area (Å²) in [7, 11) is 1.81.